The molecule has 1 rings (SSSR count). The predicted molar refractivity (Wildman–Crippen MR) is 135 cm³/mol. The number of unbranched alkanes of at least 4 members (excludes halogenated alkanes) is 9. The number of hydrogen-bond donors (Lipinski definition) is 0. The van der Waals surface area contributed by atoms with E-state index in [1.165, 1.54) is 62.5 Å². The first-order chi connectivity index (χ1) is 15.6. The predicted octanol–water partition coefficient (Wildman–Crippen LogP) is 8.30. The van der Waals surface area contributed by atoms with Crippen molar-refractivity contribution in [3.05, 3.63) is 34.9 Å². The fourth-order valence-corrected chi connectivity index (χ4v) is 4.08. The molecule has 0 atom stereocenters. The molecule has 0 N–H and O–H groups in total. The van der Waals surface area contributed by atoms with Crippen molar-refractivity contribution in [2.24, 2.45) is 0 Å². The van der Waals surface area contributed by atoms with Crippen LogP contribution in [0, 0.1) is 0 Å². The second-order valence-corrected chi connectivity index (χ2v) is 9.25. The van der Waals surface area contributed by atoms with Gasteiger partial charge in [-0.2, -0.15) is 0 Å². The molecule has 0 amide bonds. The van der Waals surface area contributed by atoms with Gasteiger partial charge in [0.2, 0.25) is 0 Å². The fraction of sp³-hybridized carbons (Fsp3) is 0.724. The highest BCUT2D eigenvalue weighted by molar-refractivity contribution is 5.77. The molecule has 0 aromatic heterocycles. The number of rotatable bonds is 20. The fourth-order valence-electron chi connectivity index (χ4n) is 4.08. The minimum atomic E-state index is -0.104. The van der Waals surface area contributed by atoms with Crippen LogP contribution in [0.3, 0.4) is 0 Å². The van der Waals surface area contributed by atoms with E-state index in [-0.39, 0.29) is 5.97 Å². The van der Waals surface area contributed by atoms with Crippen LogP contribution < -0.4 is 0 Å². The van der Waals surface area contributed by atoms with Crippen molar-refractivity contribution in [3.8, 4) is 0 Å². The van der Waals surface area contributed by atoms with Crippen LogP contribution in [0.15, 0.2) is 18.2 Å². The maximum Gasteiger partial charge on any atom is 0.306 e. The van der Waals surface area contributed by atoms with E-state index in [1.807, 2.05) is 6.92 Å². The summed E-state index contributed by atoms with van der Waals surface area (Å²) in [5.41, 5.74) is 3.92. The molecule has 0 aliphatic carbocycles. The first kappa shape index (κ1) is 28.4. The molecule has 3 heteroatoms. The largest absolute Gasteiger partial charge is 0.461 e. The highest BCUT2D eigenvalue weighted by atomic mass is 16.5. The smallest absolute Gasteiger partial charge is 0.306 e. The van der Waals surface area contributed by atoms with Gasteiger partial charge in [-0.15, -0.1) is 0 Å². The molecule has 0 radical (unpaired) electrons. The number of ketones is 1. The Bertz CT molecular complexity index is 605. The third-order valence-corrected chi connectivity index (χ3v) is 6.13. The van der Waals surface area contributed by atoms with Crippen LogP contribution in [-0.2, 0) is 33.8 Å². The van der Waals surface area contributed by atoms with Gasteiger partial charge < -0.3 is 4.74 Å². The lowest BCUT2D eigenvalue weighted by atomic mass is 9.98. The van der Waals surface area contributed by atoms with Crippen LogP contribution in [0.5, 0.6) is 0 Å². The number of Topliss-reactive ketones (excluding diaryl/α,β-unsaturated/α-hetero) is 1. The minimum Gasteiger partial charge on any atom is -0.461 e. The molecule has 0 heterocycles. The van der Waals surface area contributed by atoms with Crippen LogP contribution >= 0.6 is 0 Å². The first-order valence-corrected chi connectivity index (χ1v) is 13.4. The number of hydrogen-bond acceptors (Lipinski definition) is 3. The molecule has 0 bridgehead atoms. The molecule has 1 aromatic carbocycles. The average Bonchev–Trinajstić information content (AvgIpc) is 2.80. The molecule has 0 saturated heterocycles. The van der Waals surface area contributed by atoms with Crippen molar-refractivity contribution in [1.29, 1.82) is 0 Å². The summed E-state index contributed by atoms with van der Waals surface area (Å²) < 4.78 is 5.59. The van der Waals surface area contributed by atoms with Crippen LogP contribution in [0.1, 0.15) is 134 Å². The summed E-state index contributed by atoms with van der Waals surface area (Å²) in [7, 11) is 0. The van der Waals surface area contributed by atoms with Gasteiger partial charge in [-0.1, -0.05) is 90.3 Å². The number of aryl methyl sites for hydroxylation is 2. The van der Waals surface area contributed by atoms with Crippen molar-refractivity contribution in [1.82, 2.24) is 0 Å². The Morgan fingerprint density at radius 1 is 0.625 bits per heavy atom. The monoisotopic (exact) mass is 444 g/mol. The zero-order valence-corrected chi connectivity index (χ0v) is 21.2. The van der Waals surface area contributed by atoms with Gasteiger partial charge in [0.1, 0.15) is 12.4 Å². The molecule has 0 aliphatic rings. The number of esters is 1. The molecular formula is C29H48O3. The van der Waals surface area contributed by atoms with E-state index in [9.17, 15) is 9.59 Å². The second kappa shape index (κ2) is 18.9. The Labute approximate surface area is 197 Å². The highest BCUT2D eigenvalue weighted by Crippen LogP contribution is 2.18. The molecule has 0 fully saturated rings. The average molecular weight is 445 g/mol. The SMILES string of the molecule is CCCCCCc1cc(CCCCCC)cc(COC(=O)CCCCCCC(=O)CC)c1. The third-order valence-electron chi connectivity index (χ3n) is 6.13. The maximum absolute atomic E-state index is 12.2. The summed E-state index contributed by atoms with van der Waals surface area (Å²) >= 11 is 0. The molecule has 0 spiro atoms. The Morgan fingerprint density at radius 2 is 1.12 bits per heavy atom. The minimum absolute atomic E-state index is 0.104. The molecule has 0 aliphatic heterocycles. The Hall–Kier alpha value is -1.64. The summed E-state index contributed by atoms with van der Waals surface area (Å²) in [5, 5.41) is 0. The standard InChI is InChI=1S/C29H48O3/c1-4-7-9-13-17-25-21-26(18-14-10-8-5-2)23-27(22-25)24-32-29(31)20-16-12-11-15-19-28(30)6-3/h21-23H,4-20,24H2,1-3H3. The van der Waals surface area contributed by atoms with Crippen molar-refractivity contribution in [3.63, 3.8) is 0 Å². The van der Waals surface area contributed by atoms with Gasteiger partial charge in [0, 0.05) is 19.3 Å². The van der Waals surface area contributed by atoms with Gasteiger partial charge in [-0.3, -0.25) is 9.59 Å². The highest BCUT2D eigenvalue weighted by Gasteiger charge is 2.07. The molecular weight excluding hydrogens is 396 g/mol. The summed E-state index contributed by atoms with van der Waals surface area (Å²) in [4.78, 5) is 23.5. The summed E-state index contributed by atoms with van der Waals surface area (Å²) in [6, 6.07) is 6.84. The van der Waals surface area contributed by atoms with Crippen molar-refractivity contribution in [2.45, 2.75) is 137 Å². The molecule has 1 aromatic rings. The van der Waals surface area contributed by atoms with Crippen molar-refractivity contribution >= 4 is 11.8 Å². The molecule has 3 nitrogen and oxygen atoms in total. The summed E-state index contributed by atoms with van der Waals surface area (Å²) in [6.45, 7) is 6.79. The van der Waals surface area contributed by atoms with Crippen LogP contribution in [0.25, 0.3) is 0 Å². The quantitative estimate of drug-likeness (QED) is 0.150. The third kappa shape index (κ3) is 14.4. The first-order valence-electron chi connectivity index (χ1n) is 13.4. The van der Waals surface area contributed by atoms with Gasteiger partial charge in [-0.25, -0.2) is 0 Å². The topological polar surface area (TPSA) is 43.4 Å². The van der Waals surface area contributed by atoms with Gasteiger partial charge >= 0.3 is 5.97 Å². The van der Waals surface area contributed by atoms with E-state index in [1.54, 1.807) is 0 Å². The van der Waals surface area contributed by atoms with E-state index in [2.05, 4.69) is 32.0 Å². The van der Waals surface area contributed by atoms with Crippen molar-refractivity contribution < 1.29 is 14.3 Å². The second-order valence-electron chi connectivity index (χ2n) is 9.25. The van der Waals surface area contributed by atoms with Gasteiger partial charge in [0.25, 0.3) is 0 Å². The molecule has 32 heavy (non-hydrogen) atoms. The van der Waals surface area contributed by atoms with Gasteiger partial charge in [0.05, 0.1) is 0 Å². The van der Waals surface area contributed by atoms with Crippen LogP contribution in [0.2, 0.25) is 0 Å². The van der Waals surface area contributed by atoms with E-state index in [0.29, 0.717) is 31.7 Å². The maximum atomic E-state index is 12.2. The number of carbonyl (C=O) groups excluding carboxylic acids is 2. The molecule has 182 valence electrons. The lowest BCUT2D eigenvalue weighted by Gasteiger charge is -2.11. The summed E-state index contributed by atoms with van der Waals surface area (Å²) in [5.74, 6) is 0.231. The number of ether oxygens (including phenoxy) is 1. The van der Waals surface area contributed by atoms with Crippen LogP contribution in [-0.4, -0.2) is 11.8 Å². The van der Waals surface area contributed by atoms with E-state index in [4.69, 9.17) is 4.74 Å². The lowest BCUT2D eigenvalue weighted by molar-refractivity contribution is -0.145. The van der Waals surface area contributed by atoms with E-state index >= 15 is 0 Å². The van der Waals surface area contributed by atoms with E-state index in [0.717, 1.165) is 44.1 Å². The molecule has 0 saturated carbocycles. The van der Waals surface area contributed by atoms with E-state index < -0.39 is 0 Å². The van der Waals surface area contributed by atoms with Gasteiger partial charge in [0.15, 0.2) is 0 Å². The van der Waals surface area contributed by atoms with Gasteiger partial charge in [-0.05, 0) is 55.2 Å². The Kier molecular flexibility index (Phi) is 16.8. The van der Waals surface area contributed by atoms with Crippen LogP contribution in [0.4, 0.5) is 0 Å². The summed E-state index contributed by atoms with van der Waals surface area (Å²) in [6.07, 6.45) is 18.0. The zero-order chi connectivity index (χ0) is 23.4. The lowest BCUT2D eigenvalue weighted by Crippen LogP contribution is -2.05. The Morgan fingerprint density at radius 3 is 1.66 bits per heavy atom. The number of benzene rings is 1. The normalized spacial score (nSPS) is 11.0. The number of carbonyl (C=O) groups is 2. The Balaban J connectivity index is 2.46. The van der Waals surface area contributed by atoms with Crippen molar-refractivity contribution in [2.75, 3.05) is 0 Å². The zero-order valence-electron chi connectivity index (χ0n) is 21.2. The molecule has 0 unspecified atom stereocenters.